The van der Waals surface area contributed by atoms with Gasteiger partial charge >= 0.3 is 0 Å². The first-order valence-electron chi connectivity index (χ1n) is 30.9. The molecule has 1 saturated carbocycles. The molecule has 0 saturated heterocycles. The van der Waals surface area contributed by atoms with E-state index in [0.29, 0.717) is 17.9 Å². The van der Waals surface area contributed by atoms with Crippen molar-refractivity contribution >= 4 is 11.8 Å². The van der Waals surface area contributed by atoms with Crippen molar-refractivity contribution in [2.45, 2.75) is 342 Å². The topological polar surface area (TPSA) is 64.1 Å². The third-order valence-electron chi connectivity index (χ3n) is 15.4. The molecule has 0 aromatic carbocycles. The van der Waals surface area contributed by atoms with Crippen LogP contribution in [0.2, 0.25) is 0 Å². The van der Waals surface area contributed by atoms with Crippen LogP contribution in [0.3, 0.4) is 0 Å². The zero-order chi connectivity index (χ0) is 48.5. The molecule has 2 atom stereocenters. The Labute approximate surface area is 420 Å². The molecule has 0 aromatic heterocycles. The van der Waals surface area contributed by atoms with Crippen molar-refractivity contribution in [1.29, 1.82) is 0 Å². The van der Waals surface area contributed by atoms with E-state index in [1.165, 1.54) is 244 Å². The van der Waals surface area contributed by atoms with Crippen LogP contribution in [0, 0.1) is 0 Å². The van der Waals surface area contributed by atoms with Crippen molar-refractivity contribution in [2.24, 2.45) is 0 Å². The number of rotatable bonds is 53. The maximum atomic E-state index is 13.5. The van der Waals surface area contributed by atoms with E-state index in [2.05, 4.69) is 42.4 Å². The molecule has 0 aromatic rings. The van der Waals surface area contributed by atoms with E-state index in [4.69, 9.17) is 0 Å². The third-order valence-corrected chi connectivity index (χ3v) is 15.4. The van der Waals surface area contributed by atoms with Gasteiger partial charge in [-0.05, 0) is 83.7 Å². The largest absolute Gasteiger partial charge is 0.393 e. The highest BCUT2D eigenvalue weighted by Crippen LogP contribution is 2.26. The standard InChI is InChI=1S/C61H121N3O3/c1-5-9-13-17-21-25-33-43-53-63(54-44-34-26-22-18-14-10-6-2)60(66)47-39-31-29-37-41-51-62(58-49-50-59(65)57-58)52-42-38-30-32-40-48-61(67)64(55-45-35-27-23-19-15-11-7-3)56-46-36-28-24-20-16-12-8-4/h58-59,65H,5-57H2,1-4H3/t58-,59+/m1/s1. The lowest BCUT2D eigenvalue weighted by Gasteiger charge is -2.29. The minimum absolute atomic E-state index is 0.126. The summed E-state index contributed by atoms with van der Waals surface area (Å²) in [7, 11) is 0. The van der Waals surface area contributed by atoms with Crippen molar-refractivity contribution in [1.82, 2.24) is 14.7 Å². The van der Waals surface area contributed by atoms with Crippen LogP contribution >= 0.6 is 0 Å². The highest BCUT2D eigenvalue weighted by Gasteiger charge is 2.27. The van der Waals surface area contributed by atoms with E-state index >= 15 is 0 Å². The summed E-state index contributed by atoms with van der Waals surface area (Å²) in [5.41, 5.74) is 0. The van der Waals surface area contributed by atoms with Crippen LogP contribution in [0.4, 0.5) is 0 Å². The summed E-state index contributed by atoms with van der Waals surface area (Å²) in [6.45, 7) is 15.3. The summed E-state index contributed by atoms with van der Waals surface area (Å²) in [6, 6.07) is 0.534. The SMILES string of the molecule is CCCCCCCCCCN(CCCCCCCCCC)C(=O)CCCCCCCN(CCCCCCCC(=O)N(CCCCCCCCCC)CCCCCCCCCC)[C@@H]1CC[C@H](O)C1. The number of hydrogen-bond donors (Lipinski definition) is 1. The van der Waals surface area contributed by atoms with Gasteiger partial charge in [0.25, 0.3) is 0 Å². The van der Waals surface area contributed by atoms with Gasteiger partial charge in [-0.1, -0.05) is 246 Å². The van der Waals surface area contributed by atoms with Crippen LogP contribution in [0.25, 0.3) is 0 Å². The summed E-state index contributed by atoms with van der Waals surface area (Å²) in [6.07, 6.45) is 58.3. The van der Waals surface area contributed by atoms with Gasteiger partial charge in [-0.25, -0.2) is 0 Å². The van der Waals surface area contributed by atoms with E-state index in [9.17, 15) is 14.7 Å². The molecule has 0 radical (unpaired) electrons. The monoisotopic (exact) mass is 944 g/mol. The van der Waals surface area contributed by atoms with Crippen molar-refractivity contribution < 1.29 is 14.7 Å². The summed E-state index contributed by atoms with van der Waals surface area (Å²) in [5, 5.41) is 10.4. The predicted octanol–water partition coefficient (Wildman–Crippen LogP) is 18.1. The van der Waals surface area contributed by atoms with Crippen LogP contribution < -0.4 is 0 Å². The van der Waals surface area contributed by atoms with Crippen LogP contribution in [0.15, 0.2) is 0 Å². The molecule has 0 unspecified atom stereocenters. The molecule has 1 N–H and O–H groups in total. The number of carbonyl (C=O) groups is 2. The number of aliphatic hydroxyl groups is 1. The van der Waals surface area contributed by atoms with Crippen LogP contribution in [-0.4, -0.2) is 83.0 Å². The van der Waals surface area contributed by atoms with Gasteiger partial charge in [-0.3, -0.25) is 9.59 Å². The van der Waals surface area contributed by atoms with Crippen LogP contribution in [0.5, 0.6) is 0 Å². The first-order valence-corrected chi connectivity index (χ1v) is 30.9. The third kappa shape index (κ3) is 40.2. The molecule has 2 amide bonds. The molecule has 67 heavy (non-hydrogen) atoms. The fourth-order valence-electron chi connectivity index (χ4n) is 10.8. The second kappa shape index (κ2) is 49.8. The first-order chi connectivity index (χ1) is 33.0. The van der Waals surface area contributed by atoms with Gasteiger partial charge in [-0.2, -0.15) is 0 Å². The normalized spacial score (nSPS) is 15.0. The Balaban J connectivity index is 2.41. The predicted molar refractivity (Wildman–Crippen MR) is 294 cm³/mol. The highest BCUT2D eigenvalue weighted by atomic mass is 16.3. The summed E-state index contributed by atoms with van der Waals surface area (Å²) in [4.78, 5) is 34.1. The average molecular weight is 945 g/mol. The molecule has 1 fully saturated rings. The smallest absolute Gasteiger partial charge is 0.222 e. The summed E-state index contributed by atoms with van der Waals surface area (Å²) in [5.74, 6) is 0.821. The average Bonchev–Trinajstić information content (AvgIpc) is 3.77. The van der Waals surface area contributed by atoms with E-state index in [-0.39, 0.29) is 6.10 Å². The van der Waals surface area contributed by atoms with E-state index in [1.807, 2.05) is 0 Å². The summed E-state index contributed by atoms with van der Waals surface area (Å²) < 4.78 is 0. The lowest BCUT2D eigenvalue weighted by Crippen LogP contribution is -2.35. The number of hydrogen-bond acceptors (Lipinski definition) is 4. The van der Waals surface area contributed by atoms with Crippen LogP contribution in [-0.2, 0) is 9.59 Å². The fraction of sp³-hybridized carbons (Fsp3) is 0.967. The van der Waals surface area contributed by atoms with Gasteiger partial charge in [0.1, 0.15) is 0 Å². The van der Waals surface area contributed by atoms with E-state index in [0.717, 1.165) is 97.1 Å². The van der Waals surface area contributed by atoms with Gasteiger partial charge in [0, 0.05) is 45.1 Å². The molecule has 6 nitrogen and oxygen atoms in total. The van der Waals surface area contributed by atoms with Crippen molar-refractivity contribution in [3.8, 4) is 0 Å². The first kappa shape index (κ1) is 63.9. The van der Waals surface area contributed by atoms with Crippen molar-refractivity contribution in [2.75, 3.05) is 39.3 Å². The Morgan fingerprint density at radius 1 is 0.328 bits per heavy atom. The lowest BCUT2D eigenvalue weighted by atomic mass is 10.1. The molecule has 0 bridgehead atoms. The van der Waals surface area contributed by atoms with Gasteiger partial charge in [-0.15, -0.1) is 0 Å². The highest BCUT2D eigenvalue weighted by molar-refractivity contribution is 5.76. The molecule has 1 rings (SSSR count). The van der Waals surface area contributed by atoms with E-state index < -0.39 is 0 Å². The number of nitrogens with zero attached hydrogens (tertiary/aromatic N) is 3. The Morgan fingerprint density at radius 3 is 0.821 bits per heavy atom. The molecule has 1 aliphatic carbocycles. The Kier molecular flexibility index (Phi) is 47.5. The lowest BCUT2D eigenvalue weighted by molar-refractivity contribution is -0.132. The number of unbranched alkanes of at least 4 members (excludes halogenated alkanes) is 36. The fourth-order valence-corrected chi connectivity index (χ4v) is 10.8. The second-order valence-corrected chi connectivity index (χ2v) is 21.9. The van der Waals surface area contributed by atoms with Crippen molar-refractivity contribution in [3.05, 3.63) is 0 Å². The minimum atomic E-state index is -0.126. The molecule has 398 valence electrons. The number of carbonyl (C=O) groups excluding carboxylic acids is 2. The Bertz CT molecular complexity index is 929. The van der Waals surface area contributed by atoms with E-state index in [1.54, 1.807) is 0 Å². The quantitative estimate of drug-likeness (QED) is 0.0617. The molecule has 0 spiro atoms. The molecule has 6 heteroatoms. The molecular formula is C61H121N3O3. The zero-order valence-corrected chi connectivity index (χ0v) is 46.2. The molecule has 0 aliphatic heterocycles. The minimum Gasteiger partial charge on any atom is -0.393 e. The summed E-state index contributed by atoms with van der Waals surface area (Å²) >= 11 is 0. The molecular weight excluding hydrogens is 823 g/mol. The second-order valence-electron chi connectivity index (χ2n) is 21.9. The Morgan fingerprint density at radius 2 is 0.567 bits per heavy atom. The maximum Gasteiger partial charge on any atom is 0.222 e. The number of amides is 2. The Hall–Kier alpha value is -1.14. The van der Waals surface area contributed by atoms with Crippen LogP contribution in [0.1, 0.15) is 329 Å². The maximum absolute atomic E-state index is 13.5. The van der Waals surface area contributed by atoms with Gasteiger partial charge < -0.3 is 19.8 Å². The number of aliphatic hydroxyl groups excluding tert-OH is 1. The zero-order valence-electron chi connectivity index (χ0n) is 46.2. The van der Waals surface area contributed by atoms with Gasteiger partial charge in [0.2, 0.25) is 11.8 Å². The molecule has 0 heterocycles. The van der Waals surface area contributed by atoms with Gasteiger partial charge in [0.05, 0.1) is 6.10 Å². The van der Waals surface area contributed by atoms with Gasteiger partial charge in [0.15, 0.2) is 0 Å². The van der Waals surface area contributed by atoms with Crippen molar-refractivity contribution in [3.63, 3.8) is 0 Å². The molecule has 1 aliphatic rings.